The maximum atomic E-state index is 13.6. The lowest BCUT2D eigenvalue weighted by molar-refractivity contribution is 0.0953. The van der Waals surface area contributed by atoms with Crippen LogP contribution in [0.25, 0.3) is 0 Å². The first kappa shape index (κ1) is 21.0. The molecular weight excluding hydrogens is 413 g/mol. The van der Waals surface area contributed by atoms with E-state index in [4.69, 9.17) is 4.74 Å². The normalized spacial score (nSPS) is 12.4. The molecule has 1 N–H and O–H groups in total. The molecule has 5 nitrogen and oxygen atoms in total. The number of carbonyl (C=O) groups excluding carboxylic acids is 1. The lowest BCUT2D eigenvalue weighted by atomic mass is 10.2. The van der Waals surface area contributed by atoms with Crippen molar-refractivity contribution in [2.45, 2.75) is 17.1 Å². The predicted octanol–water partition coefficient (Wildman–Crippen LogP) is 4.15. The summed E-state index contributed by atoms with van der Waals surface area (Å²) in [6.07, 6.45) is 0. The summed E-state index contributed by atoms with van der Waals surface area (Å²) in [5.41, 5.74) is 0.643. The molecule has 29 heavy (non-hydrogen) atoms. The predicted molar refractivity (Wildman–Crippen MR) is 111 cm³/mol. The molecule has 1 amide bonds. The van der Waals surface area contributed by atoms with Crippen molar-refractivity contribution >= 4 is 27.1 Å². The maximum Gasteiger partial charge on any atom is 0.251 e. The van der Waals surface area contributed by atoms with Gasteiger partial charge in [-0.15, -0.1) is 11.3 Å². The van der Waals surface area contributed by atoms with E-state index in [1.54, 1.807) is 41.8 Å². The van der Waals surface area contributed by atoms with Crippen LogP contribution in [0.4, 0.5) is 4.39 Å². The maximum absolute atomic E-state index is 13.6. The van der Waals surface area contributed by atoms with E-state index in [2.05, 4.69) is 5.32 Å². The molecule has 3 rings (SSSR count). The number of hydrogen-bond donors (Lipinski definition) is 1. The zero-order valence-corrected chi connectivity index (χ0v) is 17.5. The van der Waals surface area contributed by atoms with Crippen molar-refractivity contribution in [3.63, 3.8) is 0 Å². The van der Waals surface area contributed by atoms with E-state index in [0.29, 0.717) is 16.2 Å². The highest BCUT2D eigenvalue weighted by Gasteiger charge is 2.31. The Labute approximate surface area is 173 Å². The third-order valence-electron chi connectivity index (χ3n) is 4.49. The summed E-state index contributed by atoms with van der Waals surface area (Å²) in [5, 5.41) is 3.50. The van der Waals surface area contributed by atoms with Crippen LogP contribution in [0.3, 0.4) is 0 Å². The largest absolute Gasteiger partial charge is 0.497 e. The van der Waals surface area contributed by atoms with E-state index in [1.807, 2.05) is 0 Å². The number of benzene rings is 2. The van der Waals surface area contributed by atoms with E-state index in [9.17, 15) is 17.6 Å². The summed E-state index contributed by atoms with van der Waals surface area (Å²) in [4.78, 5) is 13.1. The van der Waals surface area contributed by atoms with Gasteiger partial charge in [0.1, 0.15) is 16.8 Å². The van der Waals surface area contributed by atoms with E-state index < -0.39 is 20.9 Å². The average molecular weight is 434 g/mol. The molecular formula is C21H20FNO4S2. The number of methoxy groups -OCH3 is 1. The van der Waals surface area contributed by atoms with Crippen molar-refractivity contribution in [1.29, 1.82) is 0 Å². The fourth-order valence-electron chi connectivity index (χ4n) is 2.83. The van der Waals surface area contributed by atoms with Crippen molar-refractivity contribution in [3.05, 3.63) is 81.8 Å². The highest BCUT2D eigenvalue weighted by atomic mass is 32.2. The second-order valence-electron chi connectivity index (χ2n) is 6.40. The van der Waals surface area contributed by atoms with E-state index in [1.165, 1.54) is 37.5 Å². The summed E-state index contributed by atoms with van der Waals surface area (Å²) in [5.74, 6) is -0.239. The van der Waals surface area contributed by atoms with Crippen LogP contribution in [0.2, 0.25) is 0 Å². The van der Waals surface area contributed by atoms with Gasteiger partial charge in [-0.25, -0.2) is 12.8 Å². The Hall–Kier alpha value is -2.71. The number of thiophene rings is 1. The van der Waals surface area contributed by atoms with E-state index in [0.717, 1.165) is 6.07 Å². The van der Waals surface area contributed by atoms with Gasteiger partial charge in [0.2, 0.25) is 0 Å². The highest BCUT2D eigenvalue weighted by Crippen LogP contribution is 2.32. The van der Waals surface area contributed by atoms with Crippen LogP contribution in [0.15, 0.2) is 64.9 Å². The molecule has 0 bridgehead atoms. The number of halogens is 1. The van der Waals surface area contributed by atoms with Gasteiger partial charge in [0, 0.05) is 17.0 Å². The summed E-state index contributed by atoms with van der Waals surface area (Å²) >= 11 is 1.29. The first-order valence-corrected chi connectivity index (χ1v) is 11.2. The summed E-state index contributed by atoms with van der Waals surface area (Å²) in [7, 11) is -2.31. The fourth-order valence-corrected chi connectivity index (χ4v) is 5.69. The third-order valence-corrected chi connectivity index (χ3v) is 7.71. The Morgan fingerprint density at radius 3 is 2.48 bits per heavy atom. The van der Waals surface area contributed by atoms with Crippen molar-refractivity contribution in [2.75, 3.05) is 13.7 Å². The zero-order chi connectivity index (χ0) is 21.0. The number of carbonyl (C=O) groups is 1. The Balaban J connectivity index is 1.86. The molecule has 0 saturated heterocycles. The van der Waals surface area contributed by atoms with Gasteiger partial charge in [0.05, 0.1) is 12.0 Å². The summed E-state index contributed by atoms with van der Waals surface area (Å²) in [6.45, 7) is 1.41. The number of amides is 1. The summed E-state index contributed by atoms with van der Waals surface area (Å²) < 4.78 is 45.2. The standard InChI is InChI=1S/C21H20FNO4S2/c1-14-12-17(9-10-18(14)22)29(25,26)20(19-4-3-11-28-19)13-23-21(24)15-5-7-16(27-2)8-6-15/h3-12,20H,13H2,1-2H3,(H,23,24)/t20-/m0/s1. The van der Waals surface area contributed by atoms with Gasteiger partial charge >= 0.3 is 0 Å². The lowest BCUT2D eigenvalue weighted by Gasteiger charge is -2.18. The molecule has 152 valence electrons. The molecule has 0 unspecified atom stereocenters. The minimum absolute atomic E-state index is 0.0218. The molecule has 0 radical (unpaired) electrons. The fraction of sp³-hybridized carbons (Fsp3) is 0.190. The first-order chi connectivity index (χ1) is 13.8. The van der Waals surface area contributed by atoms with Crippen LogP contribution in [-0.2, 0) is 9.84 Å². The molecule has 1 atom stereocenters. The van der Waals surface area contributed by atoms with Crippen LogP contribution >= 0.6 is 11.3 Å². The first-order valence-electron chi connectivity index (χ1n) is 8.78. The van der Waals surface area contributed by atoms with Crippen LogP contribution in [0, 0.1) is 12.7 Å². The molecule has 0 aliphatic heterocycles. The molecule has 1 aromatic heterocycles. The number of sulfone groups is 1. The Morgan fingerprint density at radius 2 is 1.90 bits per heavy atom. The molecule has 0 spiro atoms. The van der Waals surface area contributed by atoms with Crippen LogP contribution in [0.5, 0.6) is 5.75 Å². The molecule has 1 heterocycles. The number of rotatable bonds is 7. The number of ether oxygens (including phenoxy) is 1. The van der Waals surface area contributed by atoms with Crippen LogP contribution in [0.1, 0.15) is 26.0 Å². The molecule has 0 saturated carbocycles. The van der Waals surface area contributed by atoms with Crippen LogP contribution in [-0.4, -0.2) is 28.0 Å². The smallest absolute Gasteiger partial charge is 0.251 e. The van der Waals surface area contributed by atoms with Gasteiger partial charge in [0.25, 0.3) is 5.91 Å². The Morgan fingerprint density at radius 1 is 1.17 bits per heavy atom. The van der Waals surface area contributed by atoms with Gasteiger partial charge in [0.15, 0.2) is 9.84 Å². The van der Waals surface area contributed by atoms with E-state index >= 15 is 0 Å². The van der Waals surface area contributed by atoms with Gasteiger partial charge in [-0.1, -0.05) is 6.07 Å². The van der Waals surface area contributed by atoms with E-state index in [-0.39, 0.29) is 22.9 Å². The monoisotopic (exact) mass is 433 g/mol. The minimum atomic E-state index is -3.84. The summed E-state index contributed by atoms with van der Waals surface area (Å²) in [6, 6.07) is 13.7. The Kier molecular flexibility index (Phi) is 6.34. The second kappa shape index (κ2) is 8.75. The van der Waals surface area contributed by atoms with Gasteiger partial charge in [-0.3, -0.25) is 4.79 Å². The van der Waals surface area contributed by atoms with Gasteiger partial charge < -0.3 is 10.1 Å². The van der Waals surface area contributed by atoms with Gasteiger partial charge in [-0.05, 0) is 66.4 Å². The molecule has 0 aliphatic rings. The topological polar surface area (TPSA) is 72.5 Å². The number of hydrogen-bond acceptors (Lipinski definition) is 5. The average Bonchev–Trinajstić information content (AvgIpc) is 3.24. The molecule has 3 aromatic rings. The highest BCUT2D eigenvalue weighted by molar-refractivity contribution is 7.91. The lowest BCUT2D eigenvalue weighted by Crippen LogP contribution is -2.31. The number of nitrogens with one attached hydrogen (secondary N) is 1. The van der Waals surface area contributed by atoms with Crippen molar-refractivity contribution in [1.82, 2.24) is 5.32 Å². The third kappa shape index (κ3) is 4.65. The molecule has 0 aliphatic carbocycles. The molecule has 2 aromatic carbocycles. The number of aryl methyl sites for hydroxylation is 1. The minimum Gasteiger partial charge on any atom is -0.497 e. The van der Waals surface area contributed by atoms with Crippen LogP contribution < -0.4 is 10.1 Å². The zero-order valence-electron chi connectivity index (χ0n) is 15.9. The quantitative estimate of drug-likeness (QED) is 0.568. The SMILES string of the molecule is COc1ccc(C(=O)NC[C@@H](c2cccs2)S(=O)(=O)c2ccc(F)c(C)c2)cc1. The molecule has 8 heteroatoms. The van der Waals surface area contributed by atoms with Crippen molar-refractivity contribution in [2.24, 2.45) is 0 Å². The van der Waals surface area contributed by atoms with Gasteiger partial charge in [-0.2, -0.15) is 0 Å². The Bertz CT molecular complexity index is 1090. The van der Waals surface area contributed by atoms with Crippen molar-refractivity contribution in [3.8, 4) is 5.75 Å². The second-order valence-corrected chi connectivity index (χ2v) is 9.51. The van der Waals surface area contributed by atoms with Crippen molar-refractivity contribution < 1.29 is 22.3 Å². The molecule has 0 fully saturated rings.